The molecule has 102 valence electrons. The van der Waals surface area contributed by atoms with E-state index in [4.69, 9.17) is 4.74 Å². The summed E-state index contributed by atoms with van der Waals surface area (Å²) in [6, 6.07) is 0.273. The molecule has 0 amide bonds. The second kappa shape index (κ2) is 7.28. The summed E-state index contributed by atoms with van der Waals surface area (Å²) in [4.78, 5) is 11.2. The summed E-state index contributed by atoms with van der Waals surface area (Å²) in [5, 5.41) is 3.12. The number of likely N-dealkylation sites (N-methyl/N-ethyl adjacent to an activating group) is 1. The van der Waals surface area contributed by atoms with E-state index in [1.54, 1.807) is 7.11 Å². The number of hydrogen-bond acceptors (Lipinski definition) is 5. The molecule has 5 heteroatoms. The standard InChI is InChI=1S/C13H24N4O/c1-6-17(10(2)9-18-5)13-15-8-12(7-14-4)11(3)16-13/h8,10,14H,6-7,9H2,1-5H3. The molecule has 0 aliphatic rings. The van der Waals surface area contributed by atoms with Crippen molar-refractivity contribution in [3.63, 3.8) is 0 Å². The summed E-state index contributed by atoms with van der Waals surface area (Å²) in [5.74, 6) is 0.777. The quantitative estimate of drug-likeness (QED) is 0.794. The van der Waals surface area contributed by atoms with E-state index in [1.807, 2.05) is 20.2 Å². The summed E-state index contributed by atoms with van der Waals surface area (Å²) >= 11 is 0. The Morgan fingerprint density at radius 3 is 2.72 bits per heavy atom. The minimum atomic E-state index is 0.273. The van der Waals surface area contributed by atoms with Crippen LogP contribution in [0, 0.1) is 6.92 Å². The zero-order chi connectivity index (χ0) is 13.5. The fraction of sp³-hybridized carbons (Fsp3) is 0.692. The van der Waals surface area contributed by atoms with Gasteiger partial charge in [-0.25, -0.2) is 9.97 Å². The van der Waals surface area contributed by atoms with Crippen molar-refractivity contribution < 1.29 is 4.74 Å². The SMILES string of the molecule is CCN(c1ncc(CNC)c(C)n1)C(C)COC. The second-order valence-electron chi connectivity index (χ2n) is 4.40. The molecular formula is C13H24N4O. The monoisotopic (exact) mass is 252 g/mol. The number of nitrogens with zero attached hydrogens (tertiary/aromatic N) is 3. The Balaban J connectivity index is 2.90. The van der Waals surface area contributed by atoms with Crippen molar-refractivity contribution in [3.05, 3.63) is 17.5 Å². The van der Waals surface area contributed by atoms with Gasteiger partial charge in [0.1, 0.15) is 0 Å². The molecule has 0 spiro atoms. The van der Waals surface area contributed by atoms with Crippen LogP contribution in [-0.4, -0.2) is 43.3 Å². The van der Waals surface area contributed by atoms with Crippen molar-refractivity contribution >= 4 is 5.95 Å². The summed E-state index contributed by atoms with van der Waals surface area (Å²) in [7, 11) is 3.64. The molecule has 1 N–H and O–H groups in total. The smallest absolute Gasteiger partial charge is 0.225 e. The van der Waals surface area contributed by atoms with Crippen LogP contribution in [-0.2, 0) is 11.3 Å². The Morgan fingerprint density at radius 1 is 1.50 bits per heavy atom. The second-order valence-corrected chi connectivity index (χ2v) is 4.40. The number of rotatable bonds is 7. The summed E-state index contributed by atoms with van der Waals surface area (Å²) < 4.78 is 5.19. The van der Waals surface area contributed by atoms with Crippen LogP contribution in [0.2, 0.25) is 0 Å². The van der Waals surface area contributed by atoms with E-state index in [2.05, 4.69) is 34.0 Å². The third-order valence-electron chi connectivity index (χ3n) is 2.97. The highest BCUT2D eigenvalue weighted by atomic mass is 16.5. The van der Waals surface area contributed by atoms with E-state index in [-0.39, 0.29) is 6.04 Å². The van der Waals surface area contributed by atoms with Gasteiger partial charge in [-0.2, -0.15) is 0 Å². The molecule has 18 heavy (non-hydrogen) atoms. The maximum Gasteiger partial charge on any atom is 0.225 e. The summed E-state index contributed by atoms with van der Waals surface area (Å²) in [5.41, 5.74) is 2.16. The van der Waals surface area contributed by atoms with Gasteiger partial charge in [-0.05, 0) is 27.8 Å². The van der Waals surface area contributed by atoms with Crippen molar-refractivity contribution in [3.8, 4) is 0 Å². The number of ether oxygens (including phenoxy) is 1. The van der Waals surface area contributed by atoms with Gasteiger partial charge in [-0.1, -0.05) is 0 Å². The van der Waals surface area contributed by atoms with E-state index in [1.165, 1.54) is 0 Å². The van der Waals surface area contributed by atoms with Gasteiger partial charge in [0, 0.05) is 37.7 Å². The zero-order valence-corrected chi connectivity index (χ0v) is 12.0. The lowest BCUT2D eigenvalue weighted by molar-refractivity contribution is 0.181. The van der Waals surface area contributed by atoms with Crippen LogP contribution in [0.25, 0.3) is 0 Å². The number of aromatic nitrogens is 2. The van der Waals surface area contributed by atoms with Crippen LogP contribution in [0.1, 0.15) is 25.1 Å². The fourth-order valence-electron chi connectivity index (χ4n) is 1.96. The number of hydrogen-bond donors (Lipinski definition) is 1. The van der Waals surface area contributed by atoms with Crippen LogP contribution >= 0.6 is 0 Å². The van der Waals surface area contributed by atoms with Gasteiger partial charge in [0.25, 0.3) is 0 Å². The Hall–Kier alpha value is -1.20. The lowest BCUT2D eigenvalue weighted by Crippen LogP contribution is -2.37. The van der Waals surface area contributed by atoms with Crippen molar-refractivity contribution in [1.82, 2.24) is 15.3 Å². The normalized spacial score (nSPS) is 12.5. The minimum absolute atomic E-state index is 0.273. The molecule has 0 bridgehead atoms. The molecule has 0 aliphatic carbocycles. The topological polar surface area (TPSA) is 50.3 Å². The highest BCUT2D eigenvalue weighted by Gasteiger charge is 2.16. The van der Waals surface area contributed by atoms with Gasteiger partial charge in [0.2, 0.25) is 5.95 Å². The Labute approximate surface area is 110 Å². The van der Waals surface area contributed by atoms with Gasteiger partial charge < -0.3 is 15.0 Å². The Morgan fingerprint density at radius 2 is 2.22 bits per heavy atom. The zero-order valence-electron chi connectivity index (χ0n) is 12.0. The van der Waals surface area contributed by atoms with Crippen molar-refractivity contribution in [2.24, 2.45) is 0 Å². The third-order valence-corrected chi connectivity index (χ3v) is 2.97. The average Bonchev–Trinajstić information content (AvgIpc) is 2.34. The van der Waals surface area contributed by atoms with Gasteiger partial charge in [0.05, 0.1) is 12.6 Å². The Kier molecular flexibility index (Phi) is 6.01. The number of methoxy groups -OCH3 is 1. The maximum atomic E-state index is 5.19. The molecule has 0 aliphatic heterocycles. The third kappa shape index (κ3) is 3.65. The first kappa shape index (κ1) is 14.9. The molecule has 0 fully saturated rings. The lowest BCUT2D eigenvalue weighted by atomic mass is 10.2. The Bertz CT molecular complexity index is 370. The van der Waals surface area contributed by atoms with Crippen LogP contribution in [0.4, 0.5) is 5.95 Å². The van der Waals surface area contributed by atoms with Gasteiger partial charge in [-0.3, -0.25) is 0 Å². The molecule has 1 atom stereocenters. The predicted molar refractivity (Wildman–Crippen MR) is 73.9 cm³/mol. The fourth-order valence-corrected chi connectivity index (χ4v) is 1.96. The molecule has 1 rings (SSSR count). The molecule has 1 aromatic heterocycles. The molecule has 0 radical (unpaired) electrons. The molecule has 5 nitrogen and oxygen atoms in total. The minimum Gasteiger partial charge on any atom is -0.383 e. The highest BCUT2D eigenvalue weighted by molar-refractivity contribution is 5.34. The number of anilines is 1. The molecule has 0 saturated heterocycles. The molecule has 0 saturated carbocycles. The molecule has 1 aromatic rings. The highest BCUT2D eigenvalue weighted by Crippen LogP contribution is 2.14. The first-order valence-electron chi connectivity index (χ1n) is 6.36. The first-order valence-corrected chi connectivity index (χ1v) is 6.36. The van der Waals surface area contributed by atoms with Gasteiger partial charge in [0.15, 0.2) is 0 Å². The van der Waals surface area contributed by atoms with Gasteiger partial charge >= 0.3 is 0 Å². The average molecular weight is 252 g/mol. The summed E-state index contributed by atoms with van der Waals surface area (Å²) in [6.07, 6.45) is 1.90. The predicted octanol–water partition coefficient (Wildman–Crippen LogP) is 1.37. The number of nitrogens with one attached hydrogen (secondary N) is 1. The van der Waals surface area contributed by atoms with Crippen LogP contribution in [0.5, 0.6) is 0 Å². The van der Waals surface area contributed by atoms with Crippen molar-refractivity contribution in [2.75, 3.05) is 32.2 Å². The number of aryl methyl sites for hydroxylation is 1. The maximum absolute atomic E-state index is 5.19. The largest absolute Gasteiger partial charge is 0.383 e. The molecule has 0 aromatic carbocycles. The lowest BCUT2D eigenvalue weighted by Gasteiger charge is -2.27. The van der Waals surface area contributed by atoms with E-state index >= 15 is 0 Å². The van der Waals surface area contributed by atoms with Crippen LogP contribution < -0.4 is 10.2 Å². The molecule has 1 unspecified atom stereocenters. The van der Waals surface area contributed by atoms with E-state index in [0.717, 1.165) is 30.3 Å². The van der Waals surface area contributed by atoms with Crippen molar-refractivity contribution in [1.29, 1.82) is 0 Å². The first-order chi connectivity index (χ1) is 8.63. The van der Waals surface area contributed by atoms with E-state index in [9.17, 15) is 0 Å². The summed E-state index contributed by atoms with van der Waals surface area (Å²) in [6.45, 7) is 8.59. The molecule has 1 heterocycles. The van der Waals surface area contributed by atoms with E-state index < -0.39 is 0 Å². The van der Waals surface area contributed by atoms with E-state index in [0.29, 0.717) is 6.61 Å². The van der Waals surface area contributed by atoms with Crippen LogP contribution in [0.3, 0.4) is 0 Å². The van der Waals surface area contributed by atoms with Gasteiger partial charge in [-0.15, -0.1) is 0 Å². The molecular weight excluding hydrogens is 228 g/mol. The van der Waals surface area contributed by atoms with Crippen molar-refractivity contribution in [2.45, 2.75) is 33.4 Å². The van der Waals surface area contributed by atoms with Crippen LogP contribution in [0.15, 0.2) is 6.20 Å².